The summed E-state index contributed by atoms with van der Waals surface area (Å²) in [6.45, 7) is 4.66. The minimum atomic E-state index is 0.237. The van der Waals surface area contributed by atoms with Gasteiger partial charge in [0, 0.05) is 6.61 Å². The molecular formula is C19H24O. The molecule has 20 heavy (non-hydrogen) atoms. The number of hydrogen-bond acceptors (Lipinski definition) is 1. The van der Waals surface area contributed by atoms with Crippen molar-refractivity contribution in [3.8, 4) is 0 Å². The van der Waals surface area contributed by atoms with E-state index in [2.05, 4.69) is 62.4 Å². The summed E-state index contributed by atoms with van der Waals surface area (Å²) in [5.41, 5.74) is 3.98. The van der Waals surface area contributed by atoms with Crippen molar-refractivity contribution in [2.75, 3.05) is 6.61 Å². The molecule has 0 spiro atoms. The van der Waals surface area contributed by atoms with Gasteiger partial charge in [-0.25, -0.2) is 0 Å². The van der Waals surface area contributed by atoms with E-state index in [0.29, 0.717) is 11.8 Å². The third-order valence-corrected chi connectivity index (χ3v) is 3.80. The molecule has 0 saturated heterocycles. The number of aliphatic hydroxyl groups excluding tert-OH is 1. The Balaban J connectivity index is 1.99. The van der Waals surface area contributed by atoms with Crippen LogP contribution in [0.4, 0.5) is 0 Å². The van der Waals surface area contributed by atoms with E-state index < -0.39 is 0 Å². The van der Waals surface area contributed by atoms with Crippen molar-refractivity contribution >= 4 is 0 Å². The second-order valence-corrected chi connectivity index (χ2v) is 5.84. The molecule has 1 heteroatoms. The van der Waals surface area contributed by atoms with Gasteiger partial charge in [-0.2, -0.15) is 0 Å². The van der Waals surface area contributed by atoms with Crippen molar-refractivity contribution < 1.29 is 5.11 Å². The van der Waals surface area contributed by atoms with Crippen molar-refractivity contribution in [3.05, 3.63) is 71.3 Å². The van der Waals surface area contributed by atoms with Gasteiger partial charge < -0.3 is 5.11 Å². The number of rotatable bonds is 6. The van der Waals surface area contributed by atoms with Crippen LogP contribution in [0.15, 0.2) is 54.6 Å². The Kier molecular flexibility index (Phi) is 5.37. The largest absolute Gasteiger partial charge is 0.396 e. The first-order valence-corrected chi connectivity index (χ1v) is 7.42. The summed E-state index contributed by atoms with van der Waals surface area (Å²) in [6, 6.07) is 19.2. The van der Waals surface area contributed by atoms with Gasteiger partial charge in [0.1, 0.15) is 0 Å². The summed E-state index contributed by atoms with van der Waals surface area (Å²) in [7, 11) is 0. The SMILES string of the molecule is CC(C)c1ccc(CC(CO)Cc2ccccc2)cc1. The van der Waals surface area contributed by atoms with E-state index >= 15 is 0 Å². The molecule has 1 N–H and O–H groups in total. The van der Waals surface area contributed by atoms with Crippen LogP contribution in [0.3, 0.4) is 0 Å². The van der Waals surface area contributed by atoms with E-state index in [1.54, 1.807) is 0 Å². The Morgan fingerprint density at radius 1 is 0.800 bits per heavy atom. The molecular weight excluding hydrogens is 244 g/mol. The third kappa shape index (κ3) is 4.21. The lowest BCUT2D eigenvalue weighted by Gasteiger charge is -2.15. The normalized spacial score (nSPS) is 12.6. The quantitative estimate of drug-likeness (QED) is 0.832. The fourth-order valence-corrected chi connectivity index (χ4v) is 2.52. The van der Waals surface area contributed by atoms with E-state index in [1.807, 2.05) is 6.07 Å². The molecule has 0 saturated carbocycles. The maximum atomic E-state index is 9.59. The second-order valence-electron chi connectivity index (χ2n) is 5.84. The molecule has 0 aliphatic carbocycles. The summed E-state index contributed by atoms with van der Waals surface area (Å²) < 4.78 is 0. The highest BCUT2D eigenvalue weighted by molar-refractivity contribution is 5.25. The maximum absolute atomic E-state index is 9.59. The zero-order valence-corrected chi connectivity index (χ0v) is 12.4. The number of benzene rings is 2. The highest BCUT2D eigenvalue weighted by Gasteiger charge is 2.10. The van der Waals surface area contributed by atoms with E-state index in [0.717, 1.165) is 12.8 Å². The predicted molar refractivity (Wildman–Crippen MR) is 85.0 cm³/mol. The van der Waals surface area contributed by atoms with Crippen molar-refractivity contribution in [1.82, 2.24) is 0 Å². The van der Waals surface area contributed by atoms with Gasteiger partial charge in [-0.3, -0.25) is 0 Å². The summed E-state index contributed by atoms with van der Waals surface area (Å²) in [5, 5.41) is 9.59. The smallest absolute Gasteiger partial charge is 0.0465 e. The molecule has 0 aliphatic rings. The van der Waals surface area contributed by atoms with E-state index in [1.165, 1.54) is 16.7 Å². The van der Waals surface area contributed by atoms with Gasteiger partial charge in [0.05, 0.1) is 0 Å². The fraction of sp³-hybridized carbons (Fsp3) is 0.368. The van der Waals surface area contributed by atoms with Crippen LogP contribution in [0.5, 0.6) is 0 Å². The van der Waals surface area contributed by atoms with Gasteiger partial charge in [-0.05, 0) is 41.4 Å². The highest BCUT2D eigenvalue weighted by Crippen LogP contribution is 2.18. The predicted octanol–water partition coefficient (Wildman–Crippen LogP) is 4.20. The molecule has 0 radical (unpaired) electrons. The van der Waals surface area contributed by atoms with Crippen LogP contribution in [0, 0.1) is 5.92 Å². The molecule has 1 atom stereocenters. The van der Waals surface area contributed by atoms with E-state index in [-0.39, 0.29) is 6.61 Å². The standard InChI is InChI=1S/C19H24O/c1-15(2)19-10-8-17(9-11-19)13-18(14-20)12-16-6-4-3-5-7-16/h3-11,15,18,20H,12-14H2,1-2H3. The van der Waals surface area contributed by atoms with Crippen molar-refractivity contribution in [3.63, 3.8) is 0 Å². The molecule has 1 nitrogen and oxygen atoms in total. The van der Waals surface area contributed by atoms with Crippen LogP contribution in [-0.4, -0.2) is 11.7 Å². The van der Waals surface area contributed by atoms with Crippen LogP contribution in [-0.2, 0) is 12.8 Å². The average molecular weight is 268 g/mol. The molecule has 2 rings (SSSR count). The zero-order chi connectivity index (χ0) is 14.4. The molecule has 2 aromatic rings. The second kappa shape index (κ2) is 7.25. The van der Waals surface area contributed by atoms with E-state index in [9.17, 15) is 5.11 Å². The van der Waals surface area contributed by atoms with Gasteiger partial charge in [-0.1, -0.05) is 68.4 Å². The lowest BCUT2D eigenvalue weighted by atomic mass is 9.92. The Bertz CT molecular complexity index is 499. The lowest BCUT2D eigenvalue weighted by Crippen LogP contribution is -2.13. The molecule has 1 unspecified atom stereocenters. The van der Waals surface area contributed by atoms with E-state index in [4.69, 9.17) is 0 Å². The van der Waals surface area contributed by atoms with Crippen LogP contribution in [0.2, 0.25) is 0 Å². The first kappa shape index (κ1) is 14.8. The first-order chi connectivity index (χ1) is 9.69. The average Bonchev–Trinajstić information content (AvgIpc) is 2.48. The topological polar surface area (TPSA) is 20.2 Å². The zero-order valence-electron chi connectivity index (χ0n) is 12.4. The van der Waals surface area contributed by atoms with Gasteiger partial charge in [0.15, 0.2) is 0 Å². The van der Waals surface area contributed by atoms with Gasteiger partial charge >= 0.3 is 0 Å². The molecule has 0 heterocycles. The Hall–Kier alpha value is -1.60. The van der Waals surface area contributed by atoms with Crippen molar-refractivity contribution in [2.24, 2.45) is 5.92 Å². The summed E-state index contributed by atoms with van der Waals surface area (Å²) in [6.07, 6.45) is 1.87. The van der Waals surface area contributed by atoms with Crippen LogP contribution in [0.25, 0.3) is 0 Å². The van der Waals surface area contributed by atoms with Crippen molar-refractivity contribution in [1.29, 1.82) is 0 Å². The number of hydrogen-bond donors (Lipinski definition) is 1. The Morgan fingerprint density at radius 3 is 1.85 bits per heavy atom. The van der Waals surface area contributed by atoms with Crippen LogP contribution < -0.4 is 0 Å². The minimum absolute atomic E-state index is 0.237. The van der Waals surface area contributed by atoms with Crippen LogP contribution >= 0.6 is 0 Å². The fourth-order valence-electron chi connectivity index (χ4n) is 2.52. The third-order valence-electron chi connectivity index (χ3n) is 3.80. The summed E-state index contributed by atoms with van der Waals surface area (Å²) >= 11 is 0. The molecule has 0 bridgehead atoms. The summed E-state index contributed by atoms with van der Waals surface area (Å²) in [5.74, 6) is 0.865. The Morgan fingerprint density at radius 2 is 1.35 bits per heavy atom. The molecule has 0 aromatic heterocycles. The lowest BCUT2D eigenvalue weighted by molar-refractivity contribution is 0.225. The monoisotopic (exact) mass is 268 g/mol. The maximum Gasteiger partial charge on any atom is 0.0465 e. The summed E-state index contributed by atoms with van der Waals surface area (Å²) in [4.78, 5) is 0. The first-order valence-electron chi connectivity index (χ1n) is 7.42. The molecule has 0 aliphatic heterocycles. The van der Waals surface area contributed by atoms with Crippen molar-refractivity contribution in [2.45, 2.75) is 32.6 Å². The molecule has 0 fully saturated rings. The van der Waals surface area contributed by atoms with Crippen LogP contribution in [0.1, 0.15) is 36.5 Å². The van der Waals surface area contributed by atoms with Gasteiger partial charge in [0.25, 0.3) is 0 Å². The molecule has 0 amide bonds. The highest BCUT2D eigenvalue weighted by atomic mass is 16.3. The molecule has 2 aromatic carbocycles. The van der Waals surface area contributed by atoms with Gasteiger partial charge in [-0.15, -0.1) is 0 Å². The minimum Gasteiger partial charge on any atom is -0.396 e. The van der Waals surface area contributed by atoms with Gasteiger partial charge in [0.2, 0.25) is 0 Å². The Labute approximate surface area is 122 Å². The molecule has 106 valence electrons. The number of aliphatic hydroxyl groups is 1.